The molecule has 0 saturated carbocycles. The number of nitro benzene ring substituents is 1. The van der Waals surface area contributed by atoms with E-state index in [2.05, 4.69) is 24.4 Å². The first-order valence-electron chi connectivity index (χ1n) is 5.31. The zero-order valence-electron chi connectivity index (χ0n) is 9.31. The molecule has 1 aromatic carbocycles. The minimum atomic E-state index is -0.356. The van der Waals surface area contributed by atoms with Gasteiger partial charge in [0.1, 0.15) is 0 Å². The highest BCUT2D eigenvalue weighted by atomic mass is 16.6. The van der Waals surface area contributed by atoms with Crippen LogP contribution in [0.4, 0.5) is 11.4 Å². The molecule has 2 rings (SSSR count). The van der Waals surface area contributed by atoms with Crippen molar-refractivity contribution in [1.29, 1.82) is 0 Å². The predicted molar refractivity (Wildman–Crippen MR) is 63.7 cm³/mol. The molecular weight excluding hydrogens is 204 g/mol. The van der Waals surface area contributed by atoms with Gasteiger partial charge in [0.15, 0.2) is 0 Å². The Labute approximate surface area is 94.1 Å². The number of fused-ring (bicyclic) bond motifs is 1. The molecule has 0 bridgehead atoms. The average molecular weight is 218 g/mol. The molecule has 1 N–H and O–H groups in total. The van der Waals surface area contributed by atoms with Crippen molar-refractivity contribution in [2.45, 2.75) is 25.8 Å². The zero-order chi connectivity index (χ0) is 11.7. The molecule has 84 valence electrons. The largest absolute Gasteiger partial charge is 0.379 e. The van der Waals surface area contributed by atoms with E-state index in [-0.39, 0.29) is 22.6 Å². The van der Waals surface area contributed by atoms with Crippen molar-refractivity contribution in [2.24, 2.45) is 0 Å². The van der Waals surface area contributed by atoms with Gasteiger partial charge >= 0.3 is 0 Å². The second kappa shape index (κ2) is 3.96. The van der Waals surface area contributed by atoms with Gasteiger partial charge in [0, 0.05) is 29.8 Å². The molecule has 2 atom stereocenters. The quantitative estimate of drug-likeness (QED) is 0.447. The molecule has 0 spiro atoms. The van der Waals surface area contributed by atoms with E-state index in [0.29, 0.717) is 0 Å². The Balaban J connectivity index is 2.48. The molecular formula is C12H14N2O2. The lowest BCUT2D eigenvalue weighted by atomic mass is 9.99. The number of non-ortho nitro benzene ring substituents is 1. The fourth-order valence-electron chi connectivity index (χ4n) is 1.90. The summed E-state index contributed by atoms with van der Waals surface area (Å²) in [6.45, 7) is 4.10. The molecule has 1 aliphatic heterocycles. The summed E-state index contributed by atoms with van der Waals surface area (Å²) in [6.07, 6.45) is 4.16. The Morgan fingerprint density at radius 3 is 2.75 bits per heavy atom. The van der Waals surface area contributed by atoms with E-state index in [4.69, 9.17) is 0 Å². The van der Waals surface area contributed by atoms with Crippen LogP contribution in [0.15, 0.2) is 30.4 Å². The zero-order valence-corrected chi connectivity index (χ0v) is 9.31. The normalized spacial score (nSPS) is 23.1. The first-order chi connectivity index (χ1) is 7.58. The van der Waals surface area contributed by atoms with Gasteiger partial charge in [-0.3, -0.25) is 10.1 Å². The van der Waals surface area contributed by atoms with Crippen LogP contribution >= 0.6 is 0 Å². The first kappa shape index (κ1) is 10.7. The maximum absolute atomic E-state index is 10.7. The molecule has 1 heterocycles. The summed E-state index contributed by atoms with van der Waals surface area (Å²) in [5.74, 6) is 0.201. The van der Waals surface area contributed by atoms with Crippen LogP contribution in [0.5, 0.6) is 0 Å². The molecule has 1 aliphatic rings. The van der Waals surface area contributed by atoms with Crippen LogP contribution in [0.2, 0.25) is 0 Å². The SMILES string of the molecule is CC1C=CC(C)c2cc([N+](=O)[O-])ccc2N1. The lowest BCUT2D eigenvalue weighted by Crippen LogP contribution is -2.11. The molecule has 0 aliphatic carbocycles. The van der Waals surface area contributed by atoms with Crippen molar-refractivity contribution in [1.82, 2.24) is 0 Å². The number of nitrogens with one attached hydrogen (secondary N) is 1. The van der Waals surface area contributed by atoms with Gasteiger partial charge in [0.25, 0.3) is 5.69 Å². The molecule has 0 aromatic heterocycles. The van der Waals surface area contributed by atoms with Crippen molar-refractivity contribution in [3.05, 3.63) is 46.0 Å². The van der Waals surface area contributed by atoms with Gasteiger partial charge in [0.05, 0.1) is 4.92 Å². The van der Waals surface area contributed by atoms with Gasteiger partial charge in [-0.15, -0.1) is 0 Å². The summed E-state index contributed by atoms with van der Waals surface area (Å²) in [5, 5.41) is 14.0. The lowest BCUT2D eigenvalue weighted by Gasteiger charge is -2.13. The van der Waals surface area contributed by atoms with Crippen LogP contribution in [0.1, 0.15) is 25.3 Å². The fourth-order valence-corrected chi connectivity index (χ4v) is 1.90. The van der Waals surface area contributed by atoms with Crippen LogP contribution < -0.4 is 5.32 Å². The van der Waals surface area contributed by atoms with Crippen molar-refractivity contribution in [3.63, 3.8) is 0 Å². The summed E-state index contributed by atoms with van der Waals surface area (Å²) in [5.41, 5.74) is 2.11. The van der Waals surface area contributed by atoms with E-state index in [1.807, 2.05) is 6.92 Å². The summed E-state index contributed by atoms with van der Waals surface area (Å²) in [7, 11) is 0. The van der Waals surface area contributed by atoms with Crippen molar-refractivity contribution in [2.75, 3.05) is 5.32 Å². The minimum absolute atomic E-state index is 0.148. The van der Waals surface area contributed by atoms with Crippen LogP contribution in [0.25, 0.3) is 0 Å². The molecule has 0 amide bonds. The van der Waals surface area contributed by atoms with E-state index in [1.54, 1.807) is 12.1 Å². The smallest absolute Gasteiger partial charge is 0.269 e. The van der Waals surface area contributed by atoms with E-state index >= 15 is 0 Å². The van der Waals surface area contributed by atoms with Crippen molar-refractivity contribution >= 4 is 11.4 Å². The highest BCUT2D eigenvalue weighted by molar-refractivity contribution is 5.60. The van der Waals surface area contributed by atoms with Gasteiger partial charge in [0.2, 0.25) is 0 Å². The Morgan fingerprint density at radius 1 is 1.31 bits per heavy atom. The van der Waals surface area contributed by atoms with E-state index in [9.17, 15) is 10.1 Å². The fraction of sp³-hybridized carbons (Fsp3) is 0.333. The van der Waals surface area contributed by atoms with Gasteiger partial charge in [-0.1, -0.05) is 19.1 Å². The molecule has 4 heteroatoms. The molecule has 16 heavy (non-hydrogen) atoms. The summed E-state index contributed by atoms with van der Waals surface area (Å²) >= 11 is 0. The molecule has 0 radical (unpaired) electrons. The van der Waals surface area contributed by atoms with E-state index in [1.165, 1.54) is 6.07 Å². The Hall–Kier alpha value is -1.84. The second-order valence-electron chi connectivity index (χ2n) is 4.14. The number of hydrogen-bond acceptors (Lipinski definition) is 3. The van der Waals surface area contributed by atoms with Crippen LogP contribution in [-0.4, -0.2) is 11.0 Å². The number of benzene rings is 1. The number of hydrogen-bond donors (Lipinski definition) is 1. The van der Waals surface area contributed by atoms with Gasteiger partial charge in [-0.05, 0) is 18.6 Å². The highest BCUT2D eigenvalue weighted by Gasteiger charge is 2.17. The monoisotopic (exact) mass is 218 g/mol. The minimum Gasteiger partial charge on any atom is -0.379 e. The third kappa shape index (κ3) is 1.91. The standard InChI is InChI=1S/C12H14N2O2/c1-8-3-4-9(2)13-12-6-5-10(14(15)16)7-11(8)12/h3-9,13H,1-2H3. The van der Waals surface area contributed by atoms with Gasteiger partial charge < -0.3 is 5.32 Å². The molecule has 4 nitrogen and oxygen atoms in total. The predicted octanol–water partition coefficient (Wildman–Crippen LogP) is 3.07. The maximum atomic E-state index is 10.7. The van der Waals surface area contributed by atoms with E-state index < -0.39 is 0 Å². The second-order valence-corrected chi connectivity index (χ2v) is 4.14. The summed E-state index contributed by atoms with van der Waals surface area (Å²) < 4.78 is 0. The topological polar surface area (TPSA) is 55.2 Å². The van der Waals surface area contributed by atoms with E-state index in [0.717, 1.165) is 11.3 Å². The molecule has 0 fully saturated rings. The van der Waals surface area contributed by atoms with Crippen LogP contribution in [0, 0.1) is 10.1 Å². The number of anilines is 1. The van der Waals surface area contributed by atoms with Crippen molar-refractivity contribution in [3.8, 4) is 0 Å². The Bertz CT molecular complexity index is 454. The molecule has 2 unspecified atom stereocenters. The summed E-state index contributed by atoms with van der Waals surface area (Å²) in [4.78, 5) is 10.4. The third-order valence-corrected chi connectivity index (χ3v) is 2.81. The first-order valence-corrected chi connectivity index (χ1v) is 5.31. The highest BCUT2D eigenvalue weighted by Crippen LogP contribution is 2.31. The lowest BCUT2D eigenvalue weighted by molar-refractivity contribution is -0.384. The number of rotatable bonds is 1. The number of nitrogens with zero attached hydrogens (tertiary/aromatic N) is 1. The third-order valence-electron chi connectivity index (χ3n) is 2.81. The Kier molecular flexibility index (Phi) is 2.64. The average Bonchev–Trinajstić information content (AvgIpc) is 2.38. The maximum Gasteiger partial charge on any atom is 0.269 e. The van der Waals surface area contributed by atoms with Gasteiger partial charge in [-0.25, -0.2) is 0 Å². The van der Waals surface area contributed by atoms with Crippen molar-refractivity contribution < 1.29 is 4.92 Å². The molecule has 1 aromatic rings. The Morgan fingerprint density at radius 2 is 2.06 bits per heavy atom. The molecule has 0 saturated heterocycles. The van der Waals surface area contributed by atoms with Gasteiger partial charge in [-0.2, -0.15) is 0 Å². The van der Waals surface area contributed by atoms with Crippen LogP contribution in [-0.2, 0) is 0 Å². The summed E-state index contributed by atoms with van der Waals surface area (Å²) in [6, 6.07) is 5.23. The van der Waals surface area contributed by atoms with Crippen LogP contribution in [0.3, 0.4) is 0 Å². The number of allylic oxidation sites excluding steroid dienone is 1. The number of nitro groups is 1.